The molecule has 0 amide bonds. The molecule has 0 radical (unpaired) electrons. The molecule has 0 bridgehead atoms. The normalized spacial score (nSPS) is 19.6. The largest absolute Gasteiger partial charge is 0.316 e. The Morgan fingerprint density at radius 2 is 2.32 bits per heavy atom. The molecule has 1 unspecified atom stereocenters. The second-order valence-electron chi connectivity index (χ2n) is 5.19. The monoisotopic (exact) mass is 259 g/mol. The Kier molecular flexibility index (Phi) is 3.34. The molecule has 100 valence electrons. The molecule has 1 aromatic heterocycles. The van der Waals surface area contributed by atoms with Crippen LogP contribution in [-0.4, -0.2) is 22.6 Å². The van der Waals surface area contributed by atoms with Gasteiger partial charge in [0.2, 0.25) is 0 Å². The van der Waals surface area contributed by atoms with Crippen molar-refractivity contribution >= 4 is 0 Å². The van der Waals surface area contributed by atoms with Gasteiger partial charge in [-0.3, -0.25) is 0 Å². The first-order valence-electron chi connectivity index (χ1n) is 6.75. The molecule has 0 spiro atoms. The van der Waals surface area contributed by atoms with Crippen LogP contribution in [0.1, 0.15) is 30.0 Å². The number of halogens is 1. The molecule has 1 saturated heterocycles. The van der Waals surface area contributed by atoms with Gasteiger partial charge >= 0.3 is 0 Å². The average molecular weight is 259 g/mol. The molecule has 1 N–H and O–H groups in total. The minimum Gasteiger partial charge on any atom is -0.316 e. The zero-order chi connectivity index (χ0) is 13.2. The number of rotatable bonds is 2. The van der Waals surface area contributed by atoms with Crippen molar-refractivity contribution in [1.82, 2.24) is 14.9 Å². The van der Waals surface area contributed by atoms with E-state index in [0.717, 1.165) is 37.2 Å². The second kappa shape index (κ2) is 5.13. The highest BCUT2D eigenvalue weighted by atomic mass is 19.1. The fraction of sp³-hybridized carbons (Fsp3) is 0.400. The predicted octanol–water partition coefficient (Wildman–Crippen LogP) is 2.79. The van der Waals surface area contributed by atoms with E-state index in [0.29, 0.717) is 11.6 Å². The fourth-order valence-electron chi connectivity index (χ4n) is 2.72. The van der Waals surface area contributed by atoms with E-state index in [-0.39, 0.29) is 5.82 Å². The predicted molar refractivity (Wildman–Crippen MR) is 73.1 cm³/mol. The van der Waals surface area contributed by atoms with Gasteiger partial charge in [-0.05, 0) is 44.0 Å². The van der Waals surface area contributed by atoms with Gasteiger partial charge in [-0.1, -0.05) is 6.07 Å². The maximum Gasteiger partial charge on any atom is 0.147 e. The lowest BCUT2D eigenvalue weighted by Gasteiger charge is -2.24. The molecule has 1 atom stereocenters. The summed E-state index contributed by atoms with van der Waals surface area (Å²) >= 11 is 0. The number of aryl methyl sites for hydroxylation is 1. The van der Waals surface area contributed by atoms with Gasteiger partial charge < -0.3 is 9.88 Å². The zero-order valence-electron chi connectivity index (χ0n) is 11.1. The van der Waals surface area contributed by atoms with Crippen molar-refractivity contribution in [3.8, 4) is 5.69 Å². The van der Waals surface area contributed by atoms with Crippen molar-refractivity contribution in [2.45, 2.75) is 25.7 Å². The van der Waals surface area contributed by atoms with E-state index in [4.69, 9.17) is 0 Å². The highest BCUT2D eigenvalue weighted by molar-refractivity contribution is 5.39. The minimum atomic E-state index is -0.200. The van der Waals surface area contributed by atoms with Crippen molar-refractivity contribution in [2.24, 2.45) is 0 Å². The van der Waals surface area contributed by atoms with Crippen LogP contribution in [0, 0.1) is 12.7 Å². The van der Waals surface area contributed by atoms with Crippen LogP contribution in [0.15, 0.2) is 30.7 Å². The summed E-state index contributed by atoms with van der Waals surface area (Å²) in [5.41, 5.74) is 2.74. The molecular weight excluding hydrogens is 241 g/mol. The van der Waals surface area contributed by atoms with Crippen molar-refractivity contribution in [3.05, 3.63) is 47.8 Å². The molecular formula is C15H18FN3. The lowest BCUT2D eigenvalue weighted by molar-refractivity contribution is 0.450. The summed E-state index contributed by atoms with van der Waals surface area (Å²) in [7, 11) is 0. The van der Waals surface area contributed by atoms with Crippen LogP contribution >= 0.6 is 0 Å². The molecule has 19 heavy (non-hydrogen) atoms. The van der Waals surface area contributed by atoms with E-state index in [1.807, 2.05) is 23.8 Å². The van der Waals surface area contributed by atoms with Gasteiger partial charge in [-0.2, -0.15) is 0 Å². The molecule has 0 saturated carbocycles. The van der Waals surface area contributed by atoms with Gasteiger partial charge in [0, 0.05) is 24.4 Å². The first kappa shape index (κ1) is 12.4. The van der Waals surface area contributed by atoms with Gasteiger partial charge in [0.15, 0.2) is 0 Å². The Balaban J connectivity index is 2.01. The van der Waals surface area contributed by atoms with Gasteiger partial charge in [0.25, 0.3) is 0 Å². The number of imidazole rings is 1. The van der Waals surface area contributed by atoms with E-state index in [1.54, 1.807) is 12.4 Å². The fourth-order valence-corrected chi connectivity index (χ4v) is 2.72. The third-order valence-electron chi connectivity index (χ3n) is 3.74. The van der Waals surface area contributed by atoms with Crippen molar-refractivity contribution in [2.75, 3.05) is 13.1 Å². The standard InChI is InChI=1S/C15H18FN3/c1-11-4-5-13(16)14(7-11)19-10-18-9-15(19)12-3-2-6-17-8-12/h4-5,7,9-10,12,17H,2-3,6,8H2,1H3. The number of nitrogens with zero attached hydrogens (tertiary/aromatic N) is 2. The summed E-state index contributed by atoms with van der Waals surface area (Å²) in [4.78, 5) is 4.21. The molecule has 1 aliphatic heterocycles. The summed E-state index contributed by atoms with van der Waals surface area (Å²) in [6, 6.07) is 5.18. The SMILES string of the molecule is Cc1ccc(F)c(-n2cncc2C2CCCNC2)c1. The van der Waals surface area contributed by atoms with Crippen molar-refractivity contribution in [3.63, 3.8) is 0 Å². The van der Waals surface area contributed by atoms with Crippen LogP contribution in [-0.2, 0) is 0 Å². The van der Waals surface area contributed by atoms with Gasteiger partial charge in [-0.25, -0.2) is 9.37 Å². The van der Waals surface area contributed by atoms with Crippen molar-refractivity contribution < 1.29 is 4.39 Å². The number of piperidine rings is 1. The molecule has 1 fully saturated rings. The highest BCUT2D eigenvalue weighted by Gasteiger charge is 2.20. The van der Waals surface area contributed by atoms with Crippen molar-refractivity contribution in [1.29, 1.82) is 0 Å². The smallest absolute Gasteiger partial charge is 0.147 e. The van der Waals surface area contributed by atoms with E-state index in [9.17, 15) is 4.39 Å². The zero-order valence-corrected chi connectivity index (χ0v) is 11.1. The Morgan fingerprint density at radius 1 is 1.42 bits per heavy atom. The maximum atomic E-state index is 14.0. The topological polar surface area (TPSA) is 29.9 Å². The van der Waals surface area contributed by atoms with Crippen LogP contribution in [0.5, 0.6) is 0 Å². The molecule has 4 heteroatoms. The second-order valence-corrected chi connectivity index (χ2v) is 5.19. The molecule has 2 aromatic rings. The van der Waals surface area contributed by atoms with Gasteiger partial charge in [-0.15, -0.1) is 0 Å². The van der Waals surface area contributed by atoms with Crippen LogP contribution in [0.3, 0.4) is 0 Å². The third kappa shape index (κ3) is 2.40. The Morgan fingerprint density at radius 3 is 3.11 bits per heavy atom. The van der Waals surface area contributed by atoms with Crippen LogP contribution in [0.4, 0.5) is 4.39 Å². The van der Waals surface area contributed by atoms with E-state index < -0.39 is 0 Å². The van der Waals surface area contributed by atoms with E-state index in [1.165, 1.54) is 6.07 Å². The summed E-state index contributed by atoms with van der Waals surface area (Å²) in [6.07, 6.45) is 5.86. The quantitative estimate of drug-likeness (QED) is 0.898. The summed E-state index contributed by atoms with van der Waals surface area (Å²) in [5, 5.41) is 3.39. The number of aromatic nitrogens is 2. The van der Waals surface area contributed by atoms with Crippen LogP contribution in [0.2, 0.25) is 0 Å². The van der Waals surface area contributed by atoms with Crippen LogP contribution in [0.25, 0.3) is 5.69 Å². The molecule has 0 aliphatic carbocycles. The molecule has 2 heterocycles. The first-order valence-corrected chi connectivity index (χ1v) is 6.75. The number of hydrogen-bond donors (Lipinski definition) is 1. The number of nitrogens with one attached hydrogen (secondary N) is 1. The average Bonchev–Trinajstić information content (AvgIpc) is 2.91. The Bertz CT molecular complexity index is 571. The van der Waals surface area contributed by atoms with E-state index >= 15 is 0 Å². The Hall–Kier alpha value is -1.68. The maximum absolute atomic E-state index is 14.0. The minimum absolute atomic E-state index is 0.200. The van der Waals surface area contributed by atoms with Gasteiger partial charge in [0.05, 0.1) is 12.0 Å². The highest BCUT2D eigenvalue weighted by Crippen LogP contribution is 2.26. The molecule has 1 aromatic carbocycles. The molecule has 1 aliphatic rings. The number of benzene rings is 1. The van der Waals surface area contributed by atoms with Crippen LogP contribution < -0.4 is 5.32 Å². The lowest BCUT2D eigenvalue weighted by atomic mass is 9.96. The third-order valence-corrected chi connectivity index (χ3v) is 3.74. The molecule has 3 rings (SSSR count). The summed E-state index contributed by atoms with van der Waals surface area (Å²) in [5.74, 6) is 0.213. The Labute approximate surface area is 112 Å². The van der Waals surface area contributed by atoms with E-state index in [2.05, 4.69) is 10.3 Å². The first-order chi connectivity index (χ1) is 9.25. The summed E-state index contributed by atoms with van der Waals surface area (Å²) < 4.78 is 15.9. The lowest BCUT2D eigenvalue weighted by Crippen LogP contribution is -2.29. The van der Waals surface area contributed by atoms with Gasteiger partial charge in [0.1, 0.15) is 5.82 Å². The summed E-state index contributed by atoms with van der Waals surface area (Å²) in [6.45, 7) is 3.99. The molecule has 3 nitrogen and oxygen atoms in total. The number of hydrogen-bond acceptors (Lipinski definition) is 2.